The maximum Gasteiger partial charge on any atom is 0.416 e. The fourth-order valence-electron chi connectivity index (χ4n) is 3.98. The highest BCUT2D eigenvalue weighted by molar-refractivity contribution is 14.1. The Morgan fingerprint density at radius 3 is 2.58 bits per heavy atom. The quantitative estimate of drug-likeness (QED) is 0.191. The van der Waals surface area contributed by atoms with Crippen LogP contribution in [-0.2, 0) is 17.5 Å². The molecular formula is C21H20F3IN4O2. The van der Waals surface area contributed by atoms with Gasteiger partial charge in [0.25, 0.3) is 0 Å². The van der Waals surface area contributed by atoms with E-state index >= 15 is 0 Å². The van der Waals surface area contributed by atoms with E-state index < -0.39 is 17.7 Å². The Bertz CT molecular complexity index is 991. The zero-order valence-corrected chi connectivity index (χ0v) is 18.5. The predicted molar refractivity (Wildman–Crippen MR) is 118 cm³/mol. The zero-order chi connectivity index (χ0) is 22.6. The summed E-state index contributed by atoms with van der Waals surface area (Å²) >= 11 is 2.12. The van der Waals surface area contributed by atoms with Gasteiger partial charge < -0.3 is 5.11 Å². The van der Waals surface area contributed by atoms with Gasteiger partial charge in [0.1, 0.15) is 0 Å². The van der Waals surface area contributed by atoms with Crippen molar-refractivity contribution in [3.05, 3.63) is 73.2 Å². The number of likely N-dealkylation sites (tertiary alicyclic amines) is 1. The monoisotopic (exact) mass is 544 g/mol. The number of benzene rings is 2. The van der Waals surface area contributed by atoms with Crippen LogP contribution in [0.1, 0.15) is 42.0 Å². The molecule has 3 rings (SSSR count). The Balaban J connectivity index is 1.91. The third-order valence-corrected chi connectivity index (χ3v) is 6.15. The smallest absolute Gasteiger partial charge is 0.416 e. The summed E-state index contributed by atoms with van der Waals surface area (Å²) < 4.78 is 39.8. The highest BCUT2D eigenvalue weighted by Crippen LogP contribution is 2.39. The van der Waals surface area contributed by atoms with Gasteiger partial charge >= 0.3 is 12.1 Å². The lowest BCUT2D eigenvalue weighted by atomic mass is 9.84. The first-order valence-corrected chi connectivity index (χ1v) is 10.7. The summed E-state index contributed by atoms with van der Waals surface area (Å²) in [6, 6.07) is 10.4. The molecule has 2 aromatic carbocycles. The average Bonchev–Trinajstić information content (AvgIpc) is 2.70. The van der Waals surface area contributed by atoms with Gasteiger partial charge in [-0.2, -0.15) is 13.2 Å². The molecule has 1 heterocycles. The van der Waals surface area contributed by atoms with Crippen molar-refractivity contribution >= 4 is 34.2 Å². The van der Waals surface area contributed by atoms with Gasteiger partial charge in [-0.05, 0) is 88.8 Å². The molecule has 0 unspecified atom stereocenters. The number of rotatable bonds is 6. The van der Waals surface area contributed by atoms with Crippen molar-refractivity contribution < 1.29 is 23.1 Å². The van der Waals surface area contributed by atoms with Crippen molar-refractivity contribution in [2.45, 2.75) is 38.0 Å². The van der Waals surface area contributed by atoms with E-state index in [1.165, 1.54) is 12.1 Å². The van der Waals surface area contributed by atoms with E-state index in [4.69, 9.17) is 5.53 Å². The van der Waals surface area contributed by atoms with Crippen LogP contribution in [0.15, 0.2) is 47.6 Å². The Labute approximate surface area is 190 Å². The van der Waals surface area contributed by atoms with Crippen molar-refractivity contribution in [3.8, 4) is 0 Å². The van der Waals surface area contributed by atoms with Crippen LogP contribution in [0.4, 0.5) is 18.9 Å². The molecule has 0 radical (unpaired) electrons. The molecule has 1 fully saturated rings. The summed E-state index contributed by atoms with van der Waals surface area (Å²) in [5.74, 6) is -0.942. The second-order valence-corrected chi connectivity index (χ2v) is 8.80. The molecule has 31 heavy (non-hydrogen) atoms. The first-order valence-electron chi connectivity index (χ1n) is 9.64. The minimum Gasteiger partial charge on any atom is -0.481 e. The molecule has 164 valence electrons. The normalized spacial score (nSPS) is 19.6. The summed E-state index contributed by atoms with van der Waals surface area (Å²) in [6.07, 6.45) is -3.19. The molecule has 10 heteroatoms. The second kappa shape index (κ2) is 9.88. The first kappa shape index (κ1) is 23.4. The Kier molecular flexibility index (Phi) is 7.45. The number of alkyl halides is 3. The van der Waals surface area contributed by atoms with Crippen LogP contribution in [-0.4, -0.2) is 22.5 Å². The summed E-state index contributed by atoms with van der Waals surface area (Å²) in [5.41, 5.74) is 10.2. The number of hydrogen-bond acceptors (Lipinski definition) is 3. The lowest BCUT2D eigenvalue weighted by molar-refractivity contribution is -0.139. The van der Waals surface area contributed by atoms with Gasteiger partial charge in [-0.25, -0.2) is 0 Å². The minimum absolute atomic E-state index is 0.0263. The van der Waals surface area contributed by atoms with E-state index in [0.29, 0.717) is 37.2 Å². The average molecular weight is 544 g/mol. The van der Waals surface area contributed by atoms with E-state index in [2.05, 4.69) is 37.5 Å². The van der Waals surface area contributed by atoms with Crippen molar-refractivity contribution in [3.63, 3.8) is 0 Å². The van der Waals surface area contributed by atoms with E-state index in [-0.39, 0.29) is 18.4 Å². The molecular weight excluding hydrogens is 524 g/mol. The molecule has 2 atom stereocenters. The maximum atomic E-state index is 13.0. The fourth-order valence-corrected chi connectivity index (χ4v) is 4.46. The van der Waals surface area contributed by atoms with E-state index in [1.807, 2.05) is 12.1 Å². The number of piperidine rings is 1. The van der Waals surface area contributed by atoms with Crippen molar-refractivity contribution in [2.24, 2.45) is 11.0 Å². The molecule has 6 nitrogen and oxygen atoms in total. The van der Waals surface area contributed by atoms with Crippen LogP contribution in [0.2, 0.25) is 0 Å². The van der Waals surface area contributed by atoms with Crippen LogP contribution in [0.25, 0.3) is 10.4 Å². The zero-order valence-electron chi connectivity index (χ0n) is 16.4. The van der Waals surface area contributed by atoms with Gasteiger partial charge in [0.05, 0.1) is 5.56 Å². The third kappa shape index (κ3) is 6.11. The fraction of sp³-hybridized carbons (Fsp3) is 0.381. The SMILES string of the molecule is [N-]=[N+]=Nc1cc(I)ccc1CN1CC[C@@H](CC(=O)O)C[C@H]1c1ccc(C(F)(F)F)cc1. The first-order chi connectivity index (χ1) is 14.7. The number of azide groups is 1. The van der Waals surface area contributed by atoms with E-state index in [1.54, 1.807) is 6.07 Å². The van der Waals surface area contributed by atoms with Gasteiger partial charge in [-0.1, -0.05) is 23.3 Å². The molecule has 2 aromatic rings. The van der Waals surface area contributed by atoms with E-state index in [0.717, 1.165) is 21.3 Å². The highest BCUT2D eigenvalue weighted by atomic mass is 127. The largest absolute Gasteiger partial charge is 0.481 e. The number of halogens is 4. The highest BCUT2D eigenvalue weighted by Gasteiger charge is 2.33. The number of nitrogens with zero attached hydrogens (tertiary/aromatic N) is 4. The van der Waals surface area contributed by atoms with Crippen LogP contribution in [0, 0.1) is 9.49 Å². The maximum absolute atomic E-state index is 13.0. The predicted octanol–water partition coefficient (Wildman–Crippen LogP) is 6.68. The summed E-state index contributed by atoms with van der Waals surface area (Å²) in [4.78, 5) is 16.2. The lowest BCUT2D eigenvalue weighted by Crippen LogP contribution is -2.37. The lowest BCUT2D eigenvalue weighted by Gasteiger charge is -2.40. The molecule has 0 bridgehead atoms. The van der Waals surface area contributed by atoms with Crippen LogP contribution in [0.5, 0.6) is 0 Å². The van der Waals surface area contributed by atoms with Crippen molar-refractivity contribution in [2.75, 3.05) is 6.54 Å². The van der Waals surface area contributed by atoms with Gasteiger partial charge in [-0.3, -0.25) is 9.69 Å². The number of carbonyl (C=O) groups is 1. The van der Waals surface area contributed by atoms with Gasteiger partial charge in [0, 0.05) is 33.2 Å². The molecule has 0 saturated carbocycles. The van der Waals surface area contributed by atoms with Crippen LogP contribution in [0.3, 0.4) is 0 Å². The second-order valence-electron chi connectivity index (χ2n) is 7.56. The summed E-state index contributed by atoms with van der Waals surface area (Å²) in [6.45, 7) is 1.03. The molecule has 0 amide bonds. The number of carboxylic acids is 1. The summed E-state index contributed by atoms with van der Waals surface area (Å²) in [5, 5.41) is 13.0. The minimum atomic E-state index is -4.41. The van der Waals surface area contributed by atoms with Crippen molar-refractivity contribution in [1.29, 1.82) is 0 Å². The molecule has 1 N–H and O–H groups in total. The Morgan fingerprint density at radius 2 is 1.97 bits per heavy atom. The molecule has 0 spiro atoms. The Hall–Kier alpha value is -2.30. The van der Waals surface area contributed by atoms with Crippen LogP contribution < -0.4 is 0 Å². The summed E-state index contributed by atoms with van der Waals surface area (Å²) in [7, 11) is 0. The molecule has 0 aromatic heterocycles. The van der Waals surface area contributed by atoms with Gasteiger partial charge in [0.15, 0.2) is 0 Å². The number of carboxylic acid groups (broad SMARTS) is 1. The molecule has 1 saturated heterocycles. The Morgan fingerprint density at radius 1 is 1.26 bits per heavy atom. The van der Waals surface area contributed by atoms with Crippen LogP contribution >= 0.6 is 22.6 Å². The van der Waals surface area contributed by atoms with Crippen molar-refractivity contribution in [1.82, 2.24) is 4.90 Å². The molecule has 0 aliphatic carbocycles. The topological polar surface area (TPSA) is 89.3 Å². The number of aliphatic carboxylic acids is 1. The van der Waals surface area contributed by atoms with Gasteiger partial charge in [-0.15, -0.1) is 0 Å². The standard InChI is InChI=1S/C21H20F3IN4O2/c22-21(23,24)16-4-1-14(2-5-16)19-9-13(10-20(30)31)7-8-29(19)12-15-3-6-17(25)11-18(15)27-28-26/h1-6,11,13,19H,7-10,12H2,(H,30,31)/t13-,19+/m1/s1. The third-order valence-electron chi connectivity index (χ3n) is 5.48. The molecule has 1 aliphatic heterocycles. The number of hydrogen-bond donors (Lipinski definition) is 1. The van der Waals surface area contributed by atoms with E-state index in [9.17, 15) is 23.1 Å². The molecule has 1 aliphatic rings. The van der Waals surface area contributed by atoms with Gasteiger partial charge in [0.2, 0.25) is 0 Å².